The first-order valence-electron chi connectivity index (χ1n) is 2.88. The van der Waals surface area contributed by atoms with Crippen molar-refractivity contribution >= 4 is 6.09 Å². The fourth-order valence-corrected chi connectivity index (χ4v) is 0.495. The van der Waals surface area contributed by atoms with Crippen molar-refractivity contribution in [1.82, 2.24) is 15.0 Å². The minimum absolute atomic E-state index is 0.346. The van der Waals surface area contributed by atoms with Gasteiger partial charge in [-0.25, -0.2) is 4.79 Å². The molecule has 0 N–H and O–H groups in total. The first kappa shape index (κ1) is 6.73. The highest BCUT2D eigenvalue weighted by Crippen LogP contribution is 1.84. The van der Waals surface area contributed by atoms with E-state index in [1.54, 1.807) is 6.92 Å². The molecule has 0 aliphatic rings. The molecule has 0 saturated heterocycles. The zero-order valence-corrected chi connectivity index (χ0v) is 5.52. The summed E-state index contributed by atoms with van der Waals surface area (Å²) < 4.78 is 5.64. The van der Waals surface area contributed by atoms with Gasteiger partial charge in [0.1, 0.15) is 0 Å². The molecule has 0 unspecified atom stereocenters. The fourth-order valence-electron chi connectivity index (χ4n) is 0.495. The Hall–Kier alpha value is -1.39. The summed E-state index contributed by atoms with van der Waals surface area (Å²) in [6, 6.07) is 0. The molecule has 0 radical (unpaired) electrons. The van der Waals surface area contributed by atoms with Crippen molar-refractivity contribution < 1.29 is 9.53 Å². The van der Waals surface area contributed by atoms with Gasteiger partial charge < -0.3 is 4.74 Å². The minimum atomic E-state index is -0.500. The van der Waals surface area contributed by atoms with E-state index in [0.29, 0.717) is 6.61 Å². The first-order chi connectivity index (χ1) is 4.84. The quantitative estimate of drug-likeness (QED) is 0.563. The molecule has 10 heavy (non-hydrogen) atoms. The van der Waals surface area contributed by atoms with Gasteiger partial charge in [-0.2, -0.15) is 4.68 Å². The molecule has 5 heteroatoms. The highest BCUT2D eigenvalue weighted by molar-refractivity contribution is 5.68. The van der Waals surface area contributed by atoms with E-state index in [-0.39, 0.29) is 0 Å². The molecular weight excluding hydrogens is 134 g/mol. The summed E-state index contributed by atoms with van der Waals surface area (Å²) in [5.74, 6) is 0. The summed E-state index contributed by atoms with van der Waals surface area (Å²) >= 11 is 0. The van der Waals surface area contributed by atoms with Crippen molar-refractivity contribution in [3.05, 3.63) is 12.4 Å². The summed E-state index contributed by atoms with van der Waals surface area (Å²) in [4.78, 5) is 10.7. The van der Waals surface area contributed by atoms with E-state index in [9.17, 15) is 4.79 Å². The van der Waals surface area contributed by atoms with Gasteiger partial charge in [0.25, 0.3) is 0 Å². The highest BCUT2D eigenvalue weighted by atomic mass is 16.6. The first-order valence-corrected chi connectivity index (χ1v) is 2.88. The lowest BCUT2D eigenvalue weighted by Crippen LogP contribution is -2.13. The van der Waals surface area contributed by atoms with Crippen molar-refractivity contribution in [2.24, 2.45) is 0 Å². The van der Waals surface area contributed by atoms with E-state index in [1.165, 1.54) is 12.4 Å². The summed E-state index contributed by atoms with van der Waals surface area (Å²) in [5.41, 5.74) is 0. The normalized spacial score (nSPS) is 9.30. The zero-order valence-electron chi connectivity index (χ0n) is 5.52. The summed E-state index contributed by atoms with van der Waals surface area (Å²) in [6.45, 7) is 2.08. The van der Waals surface area contributed by atoms with E-state index in [4.69, 9.17) is 0 Å². The minimum Gasteiger partial charge on any atom is -0.448 e. The van der Waals surface area contributed by atoms with Crippen LogP contribution in [0.1, 0.15) is 6.92 Å². The van der Waals surface area contributed by atoms with Crippen molar-refractivity contribution in [1.29, 1.82) is 0 Å². The van der Waals surface area contributed by atoms with Gasteiger partial charge in [-0.3, -0.25) is 0 Å². The molecule has 54 valence electrons. The number of hydrogen-bond donors (Lipinski definition) is 0. The number of aromatic nitrogens is 3. The number of hydrogen-bond acceptors (Lipinski definition) is 4. The van der Waals surface area contributed by atoms with Gasteiger partial charge in [-0.05, 0) is 6.92 Å². The molecule has 0 atom stereocenters. The molecule has 0 fully saturated rings. The van der Waals surface area contributed by atoms with Crippen LogP contribution >= 0.6 is 0 Å². The van der Waals surface area contributed by atoms with Gasteiger partial charge in [-0.15, -0.1) is 5.10 Å². The Bertz CT molecular complexity index is 207. The number of rotatable bonds is 1. The molecule has 0 aromatic carbocycles. The summed E-state index contributed by atoms with van der Waals surface area (Å²) in [6.07, 6.45) is 2.34. The Morgan fingerprint density at radius 1 is 1.80 bits per heavy atom. The molecule has 1 heterocycles. The third-order valence-electron chi connectivity index (χ3n) is 0.877. The third-order valence-corrected chi connectivity index (χ3v) is 0.877. The van der Waals surface area contributed by atoms with E-state index < -0.39 is 6.09 Å². The second-order valence-corrected chi connectivity index (χ2v) is 1.55. The van der Waals surface area contributed by atoms with E-state index in [2.05, 4.69) is 15.0 Å². The largest absolute Gasteiger partial charge is 0.448 e. The van der Waals surface area contributed by atoms with Crippen LogP contribution in [0.5, 0.6) is 0 Å². The SMILES string of the molecule is CCOC(=O)n1ccnn1. The Morgan fingerprint density at radius 3 is 3.10 bits per heavy atom. The van der Waals surface area contributed by atoms with Crippen LogP contribution < -0.4 is 0 Å². The maximum Gasteiger partial charge on any atom is 0.436 e. The van der Waals surface area contributed by atoms with Gasteiger partial charge in [0.05, 0.1) is 19.0 Å². The van der Waals surface area contributed by atoms with Gasteiger partial charge in [-0.1, -0.05) is 5.21 Å². The van der Waals surface area contributed by atoms with Crippen molar-refractivity contribution in [3.63, 3.8) is 0 Å². The van der Waals surface area contributed by atoms with E-state index in [1.807, 2.05) is 0 Å². The van der Waals surface area contributed by atoms with Crippen LogP contribution in [-0.2, 0) is 4.74 Å². The van der Waals surface area contributed by atoms with Crippen molar-refractivity contribution in [2.45, 2.75) is 6.92 Å². The third kappa shape index (κ3) is 1.31. The highest BCUT2D eigenvalue weighted by Gasteiger charge is 2.02. The van der Waals surface area contributed by atoms with Crippen LogP contribution in [0.25, 0.3) is 0 Å². The fraction of sp³-hybridized carbons (Fsp3) is 0.400. The molecular formula is C5H7N3O2. The lowest BCUT2D eigenvalue weighted by atomic mass is 10.8. The van der Waals surface area contributed by atoms with E-state index >= 15 is 0 Å². The molecule has 1 aromatic rings. The van der Waals surface area contributed by atoms with Gasteiger partial charge in [0, 0.05) is 0 Å². The monoisotopic (exact) mass is 141 g/mol. The van der Waals surface area contributed by atoms with Gasteiger partial charge >= 0.3 is 6.09 Å². The molecule has 0 amide bonds. The molecule has 1 rings (SSSR count). The Labute approximate surface area is 57.6 Å². The second-order valence-electron chi connectivity index (χ2n) is 1.55. The molecule has 0 spiro atoms. The zero-order chi connectivity index (χ0) is 7.40. The number of carbonyl (C=O) groups is 1. The lowest BCUT2D eigenvalue weighted by molar-refractivity contribution is 0.150. The standard InChI is InChI=1S/C5H7N3O2/c1-2-10-5(9)8-4-3-6-7-8/h3-4H,2H2,1H3. The lowest BCUT2D eigenvalue weighted by Gasteiger charge is -1.96. The molecule has 5 nitrogen and oxygen atoms in total. The number of ether oxygens (including phenoxy) is 1. The number of nitrogens with zero attached hydrogens (tertiary/aromatic N) is 3. The smallest absolute Gasteiger partial charge is 0.436 e. The topological polar surface area (TPSA) is 57.0 Å². The average Bonchev–Trinajstić information content (AvgIpc) is 2.38. The van der Waals surface area contributed by atoms with Gasteiger partial charge in [0.15, 0.2) is 0 Å². The van der Waals surface area contributed by atoms with Crippen molar-refractivity contribution in [2.75, 3.05) is 6.61 Å². The molecule has 0 saturated carbocycles. The maximum absolute atomic E-state index is 10.7. The average molecular weight is 141 g/mol. The van der Waals surface area contributed by atoms with Crippen LogP contribution in [0.2, 0.25) is 0 Å². The van der Waals surface area contributed by atoms with Crippen LogP contribution in [0.15, 0.2) is 12.4 Å². The summed E-state index contributed by atoms with van der Waals surface area (Å²) in [5, 5.41) is 6.86. The summed E-state index contributed by atoms with van der Waals surface area (Å²) in [7, 11) is 0. The van der Waals surface area contributed by atoms with E-state index in [0.717, 1.165) is 4.68 Å². The Kier molecular flexibility index (Phi) is 1.99. The van der Waals surface area contributed by atoms with Crippen LogP contribution in [-0.4, -0.2) is 27.7 Å². The molecule has 0 bridgehead atoms. The van der Waals surface area contributed by atoms with Crippen molar-refractivity contribution in [3.8, 4) is 0 Å². The second kappa shape index (κ2) is 2.95. The predicted molar refractivity (Wildman–Crippen MR) is 32.4 cm³/mol. The van der Waals surface area contributed by atoms with Gasteiger partial charge in [0.2, 0.25) is 0 Å². The number of carbonyl (C=O) groups excluding carboxylic acids is 1. The van der Waals surface area contributed by atoms with Crippen LogP contribution in [0, 0.1) is 0 Å². The maximum atomic E-state index is 10.7. The molecule has 1 aromatic heterocycles. The van der Waals surface area contributed by atoms with Crippen LogP contribution in [0.3, 0.4) is 0 Å². The Balaban J connectivity index is 2.59. The predicted octanol–water partition coefficient (Wildman–Crippen LogP) is 0.283. The Morgan fingerprint density at radius 2 is 2.60 bits per heavy atom. The molecule has 0 aliphatic heterocycles. The molecule has 0 aliphatic carbocycles. The van der Waals surface area contributed by atoms with Crippen LogP contribution in [0.4, 0.5) is 4.79 Å².